The number of carbonyl (C=O) groups is 10. The van der Waals surface area contributed by atoms with Crippen molar-refractivity contribution in [1.82, 2.24) is 0 Å². The summed E-state index contributed by atoms with van der Waals surface area (Å²) in [6, 6.07) is 47.0. The summed E-state index contributed by atoms with van der Waals surface area (Å²) in [4.78, 5) is 125. The van der Waals surface area contributed by atoms with E-state index in [0.29, 0.717) is 63.2 Å². The molecule has 8 aromatic rings. The van der Waals surface area contributed by atoms with E-state index in [0.717, 1.165) is 12.2 Å². The van der Waals surface area contributed by atoms with Gasteiger partial charge in [0.1, 0.15) is 46.0 Å². The van der Waals surface area contributed by atoms with Crippen LogP contribution in [0.25, 0.3) is 0 Å². The van der Waals surface area contributed by atoms with Crippen LogP contribution in [0.15, 0.2) is 219 Å². The fourth-order valence-corrected chi connectivity index (χ4v) is 8.28. The first-order chi connectivity index (χ1) is 46.6. The maximum atomic E-state index is 12.9. The Labute approximate surface area is 550 Å². The summed E-state index contributed by atoms with van der Waals surface area (Å²) in [6.45, 7) is 8.06. The van der Waals surface area contributed by atoms with Crippen LogP contribution in [-0.4, -0.2) is 99.3 Å². The molecule has 0 saturated carbocycles. The SMILES string of the molecule is C=CC(=O)OCCCCOc1ccc(C(=O)Oc2ccc(C(=O)Oc3ccc(C(=O)Oc4ccc(C(=O)OCCCCOC(=O)c5ccc(OC(=O)c6ccc(OC(=O)c7ccc(OC(=O)c8ccc(OCCCCOC(=O)C=C)cc8)cc7)cc6)cc5)cc4)cc3)cc2)cc1. The predicted octanol–water partition coefficient (Wildman–Crippen LogP) is 12.6. The molecule has 22 nitrogen and oxygen atoms in total. The number of benzene rings is 8. The van der Waals surface area contributed by atoms with E-state index in [1.807, 2.05) is 0 Å². The highest BCUT2D eigenvalue weighted by Crippen LogP contribution is 2.24. The summed E-state index contributed by atoms with van der Waals surface area (Å²) in [5.74, 6) is -4.19. The number of hydrogen-bond donors (Lipinski definition) is 0. The molecule has 0 atom stereocenters. The number of hydrogen-bond acceptors (Lipinski definition) is 22. The van der Waals surface area contributed by atoms with Crippen molar-refractivity contribution < 1.29 is 105 Å². The number of ether oxygens (including phenoxy) is 12. The molecule has 22 heteroatoms. The molecule has 0 N–H and O–H groups in total. The van der Waals surface area contributed by atoms with Gasteiger partial charge in [0.25, 0.3) is 0 Å². The lowest BCUT2D eigenvalue weighted by molar-refractivity contribution is -0.138. The maximum absolute atomic E-state index is 12.9. The zero-order valence-corrected chi connectivity index (χ0v) is 51.5. The smallest absolute Gasteiger partial charge is 0.343 e. The monoisotopic (exact) mass is 1300 g/mol. The van der Waals surface area contributed by atoms with Gasteiger partial charge in [-0.15, -0.1) is 0 Å². The molecule has 0 radical (unpaired) electrons. The third-order valence-electron chi connectivity index (χ3n) is 13.4. The zero-order chi connectivity index (χ0) is 68.0. The predicted molar refractivity (Wildman–Crippen MR) is 343 cm³/mol. The standard InChI is InChI=1S/C74H62O22/c1-3-65(75)87-45-7-5-43-85-57-27-11-51(12-28-57)69(79)93-61-35-19-55(20-36-61)73(83)95-63-39-23-53(24-40-63)71(81)91-59-31-15-49(16-32-59)67(77)89-47-9-10-48-90-68(78)50-17-33-60(34-18-50)92-72(82)54-25-41-64(42-26-54)96-74(84)56-21-37-62(38-22-56)94-70(80)52-13-29-58(30-14-52)86-44-6-8-46-88-66(76)4-2/h3-4,11-42H,1-2,5-10,43-48H2. The van der Waals surface area contributed by atoms with Crippen molar-refractivity contribution in [3.05, 3.63) is 264 Å². The van der Waals surface area contributed by atoms with Gasteiger partial charge in [-0.1, -0.05) is 13.2 Å². The molecule has 0 spiro atoms. The molecular formula is C74H62O22. The van der Waals surface area contributed by atoms with Crippen LogP contribution in [0.5, 0.6) is 46.0 Å². The summed E-state index contributed by atoms with van der Waals surface area (Å²) < 4.78 is 64.6. The Morgan fingerprint density at radius 1 is 0.219 bits per heavy atom. The Morgan fingerprint density at radius 2 is 0.385 bits per heavy atom. The highest BCUT2D eigenvalue weighted by molar-refractivity contribution is 5.96. The molecule has 0 saturated heterocycles. The van der Waals surface area contributed by atoms with Crippen molar-refractivity contribution in [3.8, 4) is 46.0 Å². The minimum atomic E-state index is -0.713. The van der Waals surface area contributed by atoms with E-state index in [2.05, 4.69) is 13.2 Å². The van der Waals surface area contributed by atoms with Crippen LogP contribution in [0.1, 0.15) is 121 Å². The van der Waals surface area contributed by atoms with E-state index in [4.69, 9.17) is 56.8 Å². The number of esters is 10. The second-order valence-corrected chi connectivity index (χ2v) is 20.4. The van der Waals surface area contributed by atoms with Crippen molar-refractivity contribution in [2.75, 3.05) is 39.6 Å². The van der Waals surface area contributed by atoms with Gasteiger partial charge in [0, 0.05) is 12.2 Å². The van der Waals surface area contributed by atoms with E-state index in [1.54, 1.807) is 48.5 Å². The highest BCUT2D eigenvalue weighted by Gasteiger charge is 2.18. The lowest BCUT2D eigenvalue weighted by atomic mass is 10.2. The van der Waals surface area contributed by atoms with Gasteiger partial charge in [-0.2, -0.15) is 0 Å². The second kappa shape index (κ2) is 36.0. The van der Waals surface area contributed by atoms with Crippen molar-refractivity contribution in [2.24, 2.45) is 0 Å². The van der Waals surface area contributed by atoms with Gasteiger partial charge in [0.05, 0.1) is 84.1 Å². The van der Waals surface area contributed by atoms with Crippen molar-refractivity contribution in [1.29, 1.82) is 0 Å². The molecular weight excluding hydrogens is 1240 g/mol. The molecule has 0 unspecified atom stereocenters. The molecule has 0 aliphatic rings. The van der Waals surface area contributed by atoms with Gasteiger partial charge in [0.15, 0.2) is 0 Å². The fourth-order valence-electron chi connectivity index (χ4n) is 8.28. The average Bonchev–Trinajstić information content (AvgIpc) is 1.32. The molecule has 8 rings (SSSR count). The molecule has 0 aliphatic carbocycles. The Morgan fingerprint density at radius 3 is 0.583 bits per heavy atom. The summed E-state index contributed by atoms with van der Waals surface area (Å²) in [6.07, 6.45) is 5.51. The second-order valence-electron chi connectivity index (χ2n) is 20.4. The van der Waals surface area contributed by atoms with Crippen LogP contribution < -0.4 is 37.9 Å². The van der Waals surface area contributed by atoms with Gasteiger partial charge >= 0.3 is 59.7 Å². The first kappa shape index (κ1) is 69.4. The molecule has 490 valence electrons. The fraction of sp³-hybridized carbons (Fsp3) is 0.162. The van der Waals surface area contributed by atoms with Crippen LogP contribution in [-0.2, 0) is 28.5 Å². The minimum Gasteiger partial charge on any atom is -0.494 e. The van der Waals surface area contributed by atoms with E-state index >= 15 is 0 Å². The third-order valence-corrected chi connectivity index (χ3v) is 13.4. The summed E-state index contributed by atoms with van der Waals surface area (Å²) in [5.41, 5.74) is 1.60. The number of unbranched alkanes of at least 4 members (excludes halogenated alkanes) is 3. The highest BCUT2D eigenvalue weighted by atomic mass is 16.6. The van der Waals surface area contributed by atoms with Gasteiger partial charge in [-0.3, -0.25) is 0 Å². The van der Waals surface area contributed by atoms with Crippen molar-refractivity contribution >= 4 is 59.7 Å². The van der Waals surface area contributed by atoms with E-state index in [1.165, 1.54) is 146 Å². The molecule has 0 fully saturated rings. The first-order valence-electron chi connectivity index (χ1n) is 29.9. The maximum Gasteiger partial charge on any atom is 0.343 e. The van der Waals surface area contributed by atoms with Crippen LogP contribution in [0.2, 0.25) is 0 Å². The molecule has 0 heterocycles. The average molecular weight is 1300 g/mol. The van der Waals surface area contributed by atoms with Crippen LogP contribution in [0, 0.1) is 0 Å². The van der Waals surface area contributed by atoms with Gasteiger partial charge in [0.2, 0.25) is 0 Å². The van der Waals surface area contributed by atoms with Crippen molar-refractivity contribution in [3.63, 3.8) is 0 Å². The molecule has 0 bridgehead atoms. The molecule has 0 aromatic heterocycles. The lowest BCUT2D eigenvalue weighted by Crippen LogP contribution is -2.11. The minimum absolute atomic E-state index is 0.0311. The van der Waals surface area contributed by atoms with Crippen molar-refractivity contribution in [2.45, 2.75) is 38.5 Å². The third kappa shape index (κ3) is 22.1. The molecule has 0 amide bonds. The van der Waals surface area contributed by atoms with E-state index < -0.39 is 59.7 Å². The largest absolute Gasteiger partial charge is 0.494 e. The van der Waals surface area contributed by atoms with Crippen LogP contribution >= 0.6 is 0 Å². The Balaban J connectivity index is 0.662. The first-order valence-corrected chi connectivity index (χ1v) is 29.9. The summed E-state index contributed by atoms with van der Waals surface area (Å²) >= 11 is 0. The van der Waals surface area contributed by atoms with E-state index in [9.17, 15) is 47.9 Å². The zero-order valence-electron chi connectivity index (χ0n) is 51.5. The Hall–Kier alpha value is -12.5. The topological polar surface area (TPSA) is 281 Å². The van der Waals surface area contributed by atoms with E-state index in [-0.39, 0.29) is 105 Å². The van der Waals surface area contributed by atoms with Crippen LogP contribution in [0.4, 0.5) is 0 Å². The Kier molecular flexibility index (Phi) is 26.0. The summed E-state index contributed by atoms with van der Waals surface area (Å²) in [5, 5.41) is 0. The van der Waals surface area contributed by atoms with Gasteiger partial charge in [-0.25, -0.2) is 47.9 Å². The molecule has 8 aromatic carbocycles. The molecule has 0 aliphatic heterocycles. The Bertz CT molecular complexity index is 3750. The summed E-state index contributed by atoms with van der Waals surface area (Å²) in [7, 11) is 0. The number of rotatable bonds is 33. The van der Waals surface area contributed by atoms with Gasteiger partial charge < -0.3 is 56.8 Å². The van der Waals surface area contributed by atoms with Gasteiger partial charge in [-0.05, 0) is 233 Å². The lowest BCUT2D eigenvalue weighted by Gasteiger charge is -2.09. The van der Waals surface area contributed by atoms with Crippen LogP contribution in [0.3, 0.4) is 0 Å². The number of carbonyl (C=O) groups excluding carboxylic acids is 10. The quantitative estimate of drug-likeness (QED) is 0.0121. The molecule has 96 heavy (non-hydrogen) atoms. The normalized spacial score (nSPS) is 10.5.